The van der Waals surface area contributed by atoms with Gasteiger partial charge < -0.3 is 15.1 Å². The van der Waals surface area contributed by atoms with Gasteiger partial charge in [0.25, 0.3) is 0 Å². The van der Waals surface area contributed by atoms with Crippen LogP contribution in [0.2, 0.25) is 19.6 Å². The molecule has 0 radical (unpaired) electrons. The molecule has 3 N–H and O–H groups in total. The molecule has 0 aromatic heterocycles. The van der Waals surface area contributed by atoms with Crippen molar-refractivity contribution >= 4 is 16.1 Å². The molecule has 0 aromatic rings. The molecule has 0 saturated carbocycles. The summed E-state index contributed by atoms with van der Waals surface area (Å²) in [6.07, 6.45) is 0. The van der Waals surface area contributed by atoms with Crippen molar-refractivity contribution in [3.05, 3.63) is 0 Å². The Morgan fingerprint density at radius 1 is 1.00 bits per heavy atom. The number of hydrogen-bond acceptors (Lipinski definition) is 3. The van der Waals surface area contributed by atoms with Crippen LogP contribution in [0, 0.1) is 0 Å². The molecule has 0 heterocycles. The lowest BCUT2D eigenvalue weighted by Gasteiger charge is -1.75. The van der Waals surface area contributed by atoms with Gasteiger partial charge in [-0.1, -0.05) is 19.6 Å². The summed E-state index contributed by atoms with van der Waals surface area (Å²) in [6.45, 7) is 6.92. The summed E-state index contributed by atoms with van der Waals surface area (Å²) < 4.78 is 0. The molecule has 0 aliphatic carbocycles. The summed E-state index contributed by atoms with van der Waals surface area (Å²) in [7, 11) is -2.31. The van der Waals surface area contributed by atoms with Gasteiger partial charge in [-0.3, -0.25) is 0 Å². The molecule has 0 aliphatic rings. The fraction of sp³-hybridized carbons (Fsp3) is 1.00. The average Bonchev–Trinajstić information content (AvgIpc) is 1.25. The van der Waals surface area contributed by atoms with E-state index < -0.39 is 7.32 Å². The van der Waals surface area contributed by atoms with Crippen LogP contribution in [0.5, 0.6) is 0 Å². The van der Waals surface area contributed by atoms with E-state index in [-0.39, 0.29) is 8.80 Å². The molecule has 0 spiro atoms. The number of rotatable bonds is 0. The van der Waals surface area contributed by atoms with E-state index >= 15 is 0 Å². The predicted molar refractivity (Wildman–Crippen MR) is 37.2 cm³/mol. The molecule has 0 atom stereocenters. The van der Waals surface area contributed by atoms with Crippen LogP contribution in [0.3, 0.4) is 0 Å². The largest absolute Gasteiger partial charge is 0.631 e. The third-order valence-electron chi connectivity index (χ3n) is 0. The van der Waals surface area contributed by atoms with Crippen LogP contribution in [0.4, 0.5) is 0 Å². The first-order chi connectivity index (χ1) is 3.46. The second-order valence-electron chi connectivity index (χ2n) is 2.08. The highest BCUT2D eigenvalue weighted by molar-refractivity contribution is 6.54. The van der Waals surface area contributed by atoms with Gasteiger partial charge in [0.05, 0.1) is 0 Å². The minimum atomic E-state index is -2.17. The summed E-state index contributed by atoms with van der Waals surface area (Å²) >= 11 is 0. The van der Waals surface area contributed by atoms with Gasteiger partial charge in [0.2, 0.25) is 0 Å². The highest BCUT2D eigenvalue weighted by Gasteiger charge is 1.92. The molecule has 0 saturated heterocycles. The van der Waals surface area contributed by atoms with Gasteiger partial charge in [0, 0.05) is 8.80 Å². The fourth-order valence-corrected chi connectivity index (χ4v) is 0. The normalized spacial score (nSPS) is 7.88. The molecule has 3 nitrogen and oxygen atoms in total. The highest BCUT2D eigenvalue weighted by Crippen LogP contribution is 1.68. The Labute approximate surface area is 51.8 Å². The van der Waals surface area contributed by atoms with Gasteiger partial charge in [0.15, 0.2) is 0 Å². The van der Waals surface area contributed by atoms with Crippen LogP contribution in [-0.4, -0.2) is 31.2 Å². The first kappa shape index (κ1) is 11.0. The quantitative estimate of drug-likeness (QED) is 0.376. The Bertz CT molecular complexity index is 30.0. The maximum Gasteiger partial charge on any atom is 0.631 e. The lowest BCUT2D eigenvalue weighted by molar-refractivity contribution is 0.278. The van der Waals surface area contributed by atoms with Crippen LogP contribution in [-0.2, 0) is 0 Å². The fourth-order valence-electron chi connectivity index (χ4n) is 0. The Hall–Kier alpha value is 0.162. The second kappa shape index (κ2) is 7.16. The van der Waals surface area contributed by atoms with Crippen molar-refractivity contribution in [2.75, 3.05) is 0 Å². The zero-order valence-electron chi connectivity index (χ0n) is 5.50. The third kappa shape index (κ3) is 6270. The Morgan fingerprint density at radius 3 is 1.00 bits per heavy atom. The van der Waals surface area contributed by atoms with E-state index in [2.05, 4.69) is 19.6 Å². The summed E-state index contributed by atoms with van der Waals surface area (Å²) in [6, 6.07) is 0. The maximum atomic E-state index is 7.17. The van der Waals surface area contributed by atoms with Crippen LogP contribution in [0.15, 0.2) is 0 Å². The average molecular weight is 136 g/mol. The summed E-state index contributed by atoms with van der Waals surface area (Å²) in [5, 5.41) is 21.5. The third-order valence-corrected chi connectivity index (χ3v) is 0. The monoisotopic (exact) mass is 136 g/mol. The zero-order valence-corrected chi connectivity index (χ0v) is 6.65. The van der Waals surface area contributed by atoms with Crippen molar-refractivity contribution in [1.82, 2.24) is 0 Å². The number of hydrogen-bond donors (Lipinski definition) is 3. The standard InChI is InChI=1S/C3H10Si.BH3O3/c1-4(2)3;2-1(3)4/h4H,1-3H3;2-4H. The minimum Gasteiger partial charge on any atom is -0.402 e. The Kier molecular flexibility index (Phi) is 9.87. The summed E-state index contributed by atoms with van der Waals surface area (Å²) in [5.41, 5.74) is 0. The van der Waals surface area contributed by atoms with Crippen molar-refractivity contribution < 1.29 is 15.1 Å². The van der Waals surface area contributed by atoms with Gasteiger partial charge in [-0.15, -0.1) is 0 Å². The molecule has 0 rings (SSSR count). The Balaban J connectivity index is 0. The van der Waals surface area contributed by atoms with Gasteiger partial charge in [-0.2, -0.15) is 0 Å². The van der Waals surface area contributed by atoms with Crippen LogP contribution < -0.4 is 0 Å². The predicted octanol–water partition coefficient (Wildman–Crippen LogP) is -0.949. The Morgan fingerprint density at radius 2 is 1.00 bits per heavy atom. The van der Waals surface area contributed by atoms with Gasteiger partial charge in [0.1, 0.15) is 0 Å². The first-order valence-electron chi connectivity index (χ1n) is 2.51. The van der Waals surface area contributed by atoms with Crippen molar-refractivity contribution in [1.29, 1.82) is 0 Å². The molecule has 0 amide bonds. The molecule has 8 heavy (non-hydrogen) atoms. The maximum absolute atomic E-state index is 7.17. The molecule has 0 unspecified atom stereocenters. The molecular formula is C3H13BO3Si. The topological polar surface area (TPSA) is 60.7 Å². The summed E-state index contributed by atoms with van der Waals surface area (Å²) in [4.78, 5) is 0. The van der Waals surface area contributed by atoms with E-state index in [0.29, 0.717) is 0 Å². The van der Waals surface area contributed by atoms with E-state index in [0.717, 1.165) is 0 Å². The van der Waals surface area contributed by atoms with Crippen LogP contribution >= 0.6 is 0 Å². The van der Waals surface area contributed by atoms with E-state index in [1.807, 2.05) is 0 Å². The van der Waals surface area contributed by atoms with Crippen LogP contribution in [0.1, 0.15) is 0 Å². The van der Waals surface area contributed by atoms with E-state index in [1.54, 1.807) is 0 Å². The van der Waals surface area contributed by atoms with Crippen molar-refractivity contribution in [2.24, 2.45) is 0 Å². The first-order valence-corrected chi connectivity index (χ1v) is 5.97. The molecular weight excluding hydrogens is 123 g/mol. The SMILES string of the molecule is C[SiH](C)C.OB(O)O. The minimum absolute atomic E-state index is 0.139. The van der Waals surface area contributed by atoms with Crippen molar-refractivity contribution in [2.45, 2.75) is 19.6 Å². The van der Waals surface area contributed by atoms with E-state index in [4.69, 9.17) is 15.1 Å². The molecule has 0 bridgehead atoms. The molecule has 5 heteroatoms. The molecule has 0 aromatic carbocycles. The lowest BCUT2D eigenvalue weighted by Crippen LogP contribution is -2.07. The molecule has 0 aliphatic heterocycles. The van der Waals surface area contributed by atoms with Crippen molar-refractivity contribution in [3.8, 4) is 0 Å². The summed E-state index contributed by atoms with van der Waals surface area (Å²) in [5.74, 6) is 0. The smallest absolute Gasteiger partial charge is 0.402 e. The van der Waals surface area contributed by atoms with Crippen LogP contribution in [0.25, 0.3) is 0 Å². The van der Waals surface area contributed by atoms with Gasteiger partial charge in [-0.05, 0) is 0 Å². The second-order valence-corrected chi connectivity index (χ2v) is 5.54. The van der Waals surface area contributed by atoms with Crippen molar-refractivity contribution in [3.63, 3.8) is 0 Å². The molecule has 50 valence electrons. The van der Waals surface area contributed by atoms with E-state index in [1.165, 1.54) is 0 Å². The zero-order chi connectivity index (χ0) is 7.15. The van der Waals surface area contributed by atoms with Gasteiger partial charge in [-0.25, -0.2) is 0 Å². The highest BCUT2D eigenvalue weighted by atomic mass is 28.3. The van der Waals surface area contributed by atoms with E-state index in [9.17, 15) is 0 Å². The van der Waals surface area contributed by atoms with Gasteiger partial charge >= 0.3 is 7.32 Å². The lowest BCUT2D eigenvalue weighted by atomic mass is 10.3. The molecule has 0 fully saturated rings.